The van der Waals surface area contributed by atoms with E-state index in [1.54, 1.807) is 17.5 Å². The molecule has 25 heavy (non-hydrogen) atoms. The molecule has 0 aliphatic heterocycles. The second-order valence-corrected chi connectivity index (χ2v) is 9.42. The number of nitrogens with one attached hydrogen (secondary N) is 1. The summed E-state index contributed by atoms with van der Waals surface area (Å²) in [5.41, 5.74) is 2.49. The van der Waals surface area contributed by atoms with Crippen LogP contribution in [0.5, 0.6) is 0 Å². The van der Waals surface area contributed by atoms with E-state index in [0.29, 0.717) is 0 Å². The van der Waals surface area contributed by atoms with Crippen LogP contribution in [0.2, 0.25) is 0 Å². The molecular weight excluding hydrogens is 340 g/mol. The Morgan fingerprint density at radius 1 is 1.24 bits per heavy atom. The van der Waals surface area contributed by atoms with Gasteiger partial charge in [-0.1, -0.05) is 0 Å². The molecular formula is C16H20N6O2S. The number of nitrogens with zero attached hydrogens (tertiary/aromatic N) is 5. The van der Waals surface area contributed by atoms with Crippen LogP contribution in [-0.4, -0.2) is 55.6 Å². The standard InChI is InChI=1S/C16H20N6O2S/c1-21(25(23,24)12-4-5-12)11-3-2-10(8-11)16-20-19-14-9-18-15-13(22(14)16)6-7-17-15/h6-7,9-12,17H,2-5,8H2,1H3. The number of hydrogen-bond acceptors (Lipinski definition) is 5. The number of rotatable bonds is 4. The van der Waals surface area contributed by atoms with Gasteiger partial charge in [0.25, 0.3) is 0 Å². The lowest BCUT2D eigenvalue weighted by molar-refractivity contribution is 0.368. The quantitative estimate of drug-likeness (QED) is 0.763. The number of fused-ring (bicyclic) bond motifs is 3. The van der Waals surface area contributed by atoms with E-state index in [4.69, 9.17) is 0 Å². The molecule has 0 saturated heterocycles. The van der Waals surface area contributed by atoms with Gasteiger partial charge in [-0.25, -0.2) is 17.7 Å². The number of H-pyrrole nitrogens is 1. The predicted octanol–water partition coefficient (Wildman–Crippen LogP) is 1.67. The minimum absolute atomic E-state index is 0.0477. The summed E-state index contributed by atoms with van der Waals surface area (Å²) >= 11 is 0. The maximum atomic E-state index is 12.5. The molecule has 0 aromatic carbocycles. The van der Waals surface area contributed by atoms with Crippen molar-refractivity contribution >= 4 is 26.8 Å². The SMILES string of the molecule is CN(C1CCC(c2nnc3cnc4[nH]ccc4n23)C1)S(=O)(=O)C1CC1. The molecule has 2 aliphatic rings. The summed E-state index contributed by atoms with van der Waals surface area (Å²) in [6.45, 7) is 0. The zero-order chi connectivity index (χ0) is 17.2. The van der Waals surface area contributed by atoms with Gasteiger partial charge in [0.1, 0.15) is 5.82 Å². The molecule has 2 saturated carbocycles. The summed E-state index contributed by atoms with van der Waals surface area (Å²) in [5.74, 6) is 1.11. The van der Waals surface area contributed by atoms with E-state index in [-0.39, 0.29) is 17.2 Å². The Balaban J connectivity index is 1.47. The molecule has 2 unspecified atom stereocenters. The van der Waals surface area contributed by atoms with Crippen LogP contribution >= 0.6 is 0 Å². The highest BCUT2D eigenvalue weighted by Gasteiger charge is 2.43. The van der Waals surface area contributed by atoms with Crippen molar-refractivity contribution in [3.63, 3.8) is 0 Å². The highest BCUT2D eigenvalue weighted by atomic mass is 32.2. The van der Waals surface area contributed by atoms with Crippen molar-refractivity contribution in [2.45, 2.75) is 49.3 Å². The fourth-order valence-corrected chi connectivity index (χ4v) is 5.80. The van der Waals surface area contributed by atoms with Gasteiger partial charge < -0.3 is 4.98 Å². The fourth-order valence-electron chi connectivity index (χ4n) is 3.99. The lowest BCUT2D eigenvalue weighted by atomic mass is 10.1. The number of aromatic amines is 1. The summed E-state index contributed by atoms with van der Waals surface area (Å²) in [5, 5.41) is 8.50. The average Bonchev–Trinajstić information content (AvgIpc) is 3.01. The molecule has 3 aromatic rings. The van der Waals surface area contributed by atoms with Crippen LogP contribution in [-0.2, 0) is 10.0 Å². The second kappa shape index (κ2) is 5.25. The zero-order valence-corrected chi connectivity index (χ0v) is 14.8. The van der Waals surface area contributed by atoms with Crippen molar-refractivity contribution in [2.24, 2.45) is 0 Å². The molecule has 0 radical (unpaired) electrons. The van der Waals surface area contributed by atoms with Crippen LogP contribution in [0, 0.1) is 0 Å². The highest BCUT2D eigenvalue weighted by molar-refractivity contribution is 7.90. The summed E-state index contributed by atoms with van der Waals surface area (Å²) in [4.78, 5) is 7.46. The molecule has 3 aromatic heterocycles. The van der Waals surface area contributed by atoms with Crippen LogP contribution in [0.15, 0.2) is 18.5 Å². The first kappa shape index (κ1) is 15.3. The van der Waals surface area contributed by atoms with Crippen molar-refractivity contribution in [3.05, 3.63) is 24.3 Å². The topological polar surface area (TPSA) is 96.2 Å². The monoisotopic (exact) mass is 360 g/mol. The predicted molar refractivity (Wildman–Crippen MR) is 92.7 cm³/mol. The van der Waals surface area contributed by atoms with Gasteiger partial charge in [-0.3, -0.25) is 4.40 Å². The normalized spacial score (nSPS) is 24.7. The van der Waals surface area contributed by atoms with Crippen LogP contribution < -0.4 is 0 Å². The fraction of sp³-hybridized carbons (Fsp3) is 0.562. The Morgan fingerprint density at radius 3 is 2.88 bits per heavy atom. The molecule has 9 heteroatoms. The van der Waals surface area contributed by atoms with E-state index in [2.05, 4.69) is 20.2 Å². The molecule has 2 fully saturated rings. The average molecular weight is 360 g/mol. The number of aromatic nitrogens is 5. The van der Waals surface area contributed by atoms with E-state index < -0.39 is 10.0 Å². The third kappa shape index (κ3) is 2.29. The first-order valence-electron chi connectivity index (χ1n) is 8.69. The molecule has 132 valence electrons. The summed E-state index contributed by atoms with van der Waals surface area (Å²) in [7, 11) is -1.40. The highest BCUT2D eigenvalue weighted by Crippen LogP contribution is 2.39. The second-order valence-electron chi connectivity index (χ2n) is 7.15. The Labute approximate surface area is 145 Å². The minimum atomic E-state index is -3.13. The van der Waals surface area contributed by atoms with Gasteiger partial charge in [0.15, 0.2) is 11.3 Å². The van der Waals surface area contributed by atoms with Crippen LogP contribution in [0.25, 0.3) is 16.8 Å². The van der Waals surface area contributed by atoms with E-state index in [0.717, 1.165) is 54.7 Å². The van der Waals surface area contributed by atoms with Gasteiger partial charge in [-0.05, 0) is 38.2 Å². The van der Waals surface area contributed by atoms with Crippen LogP contribution in [0.4, 0.5) is 0 Å². The van der Waals surface area contributed by atoms with Crippen molar-refractivity contribution < 1.29 is 8.42 Å². The molecule has 1 N–H and O–H groups in total. The van der Waals surface area contributed by atoms with E-state index in [9.17, 15) is 8.42 Å². The van der Waals surface area contributed by atoms with E-state index in [1.165, 1.54) is 0 Å². The van der Waals surface area contributed by atoms with E-state index >= 15 is 0 Å². The molecule has 3 heterocycles. The molecule has 0 spiro atoms. The summed E-state index contributed by atoms with van der Waals surface area (Å²) < 4.78 is 28.7. The molecule has 2 atom stereocenters. The maximum absolute atomic E-state index is 12.5. The number of hydrogen-bond donors (Lipinski definition) is 1. The van der Waals surface area contributed by atoms with Crippen molar-refractivity contribution in [3.8, 4) is 0 Å². The molecule has 0 bridgehead atoms. The molecule has 0 amide bonds. The van der Waals surface area contributed by atoms with Crippen molar-refractivity contribution in [1.29, 1.82) is 0 Å². The third-order valence-corrected chi connectivity index (χ3v) is 8.01. The van der Waals surface area contributed by atoms with Crippen molar-refractivity contribution in [1.82, 2.24) is 28.9 Å². The Morgan fingerprint density at radius 2 is 2.08 bits per heavy atom. The van der Waals surface area contributed by atoms with Crippen LogP contribution in [0.1, 0.15) is 43.8 Å². The van der Waals surface area contributed by atoms with Gasteiger partial charge >= 0.3 is 0 Å². The lowest BCUT2D eigenvalue weighted by Gasteiger charge is -2.23. The van der Waals surface area contributed by atoms with Gasteiger partial charge in [0, 0.05) is 25.2 Å². The molecule has 2 aliphatic carbocycles. The molecule has 5 rings (SSSR count). The lowest BCUT2D eigenvalue weighted by Crippen LogP contribution is -2.37. The minimum Gasteiger partial charge on any atom is -0.345 e. The van der Waals surface area contributed by atoms with Gasteiger partial charge in [0.2, 0.25) is 10.0 Å². The molecule has 8 nitrogen and oxygen atoms in total. The summed E-state index contributed by atoms with van der Waals surface area (Å²) in [6.07, 6.45) is 7.75. The maximum Gasteiger partial charge on any atom is 0.216 e. The summed E-state index contributed by atoms with van der Waals surface area (Å²) in [6, 6.07) is 2.02. The smallest absolute Gasteiger partial charge is 0.216 e. The first-order chi connectivity index (χ1) is 12.1. The number of sulfonamides is 1. The Hall–Kier alpha value is -2.00. The third-order valence-electron chi connectivity index (χ3n) is 5.60. The van der Waals surface area contributed by atoms with Gasteiger partial charge in [0.05, 0.1) is 17.0 Å². The zero-order valence-electron chi connectivity index (χ0n) is 14.0. The first-order valence-corrected chi connectivity index (χ1v) is 10.2. The Bertz CT molecular complexity index is 1050. The van der Waals surface area contributed by atoms with E-state index in [1.807, 2.05) is 16.7 Å². The van der Waals surface area contributed by atoms with Gasteiger partial charge in [-0.2, -0.15) is 0 Å². The Kier molecular flexibility index (Phi) is 3.21. The van der Waals surface area contributed by atoms with Crippen molar-refractivity contribution in [2.75, 3.05) is 7.05 Å². The van der Waals surface area contributed by atoms with Gasteiger partial charge in [-0.15, -0.1) is 10.2 Å². The largest absolute Gasteiger partial charge is 0.345 e. The van der Waals surface area contributed by atoms with Crippen LogP contribution in [0.3, 0.4) is 0 Å².